The molecular weight excluding hydrogens is 326 g/mol. The summed E-state index contributed by atoms with van der Waals surface area (Å²) in [6.45, 7) is 0.914. The summed E-state index contributed by atoms with van der Waals surface area (Å²) in [5.74, 6) is -3.14. The zero-order chi connectivity index (χ0) is 19.3. The predicted molar refractivity (Wildman–Crippen MR) is 81.9 cm³/mol. The molecule has 1 aromatic heterocycles. The van der Waals surface area contributed by atoms with E-state index in [4.69, 9.17) is 37.6 Å². The SMILES string of the molecule is C[C@H](N)C(=O)O.N[C@@H](CO)C(=O)O.N[C@@H](Cc1cnc[nH]1)C(=O)O. The summed E-state index contributed by atoms with van der Waals surface area (Å²) in [5.41, 5.74) is 15.6. The van der Waals surface area contributed by atoms with E-state index in [9.17, 15) is 14.4 Å². The summed E-state index contributed by atoms with van der Waals surface area (Å²) in [6, 6.07) is -2.71. The minimum atomic E-state index is -1.18. The van der Waals surface area contributed by atoms with E-state index in [1.807, 2.05) is 0 Å². The highest BCUT2D eigenvalue weighted by Crippen LogP contribution is 1.95. The first-order valence-electron chi connectivity index (χ1n) is 6.56. The van der Waals surface area contributed by atoms with Gasteiger partial charge in [0.2, 0.25) is 0 Å². The van der Waals surface area contributed by atoms with Crippen LogP contribution in [0, 0.1) is 0 Å². The molecule has 138 valence electrons. The summed E-state index contributed by atoms with van der Waals surface area (Å²) in [5, 5.41) is 32.2. The van der Waals surface area contributed by atoms with Gasteiger partial charge in [-0.25, -0.2) is 4.98 Å². The van der Waals surface area contributed by atoms with E-state index in [2.05, 4.69) is 9.97 Å². The standard InChI is InChI=1S/C6H9N3O2.C3H7NO3.C3H7NO2/c7-5(6(10)11)1-4-2-8-3-9-4;4-2(1-5)3(6)7;1-2(4)3(5)6/h2-3,5H,1,7H2,(H,8,9)(H,10,11);2,5H,1,4H2,(H,6,7);2H,4H2,1H3,(H,5,6)/t5-;2*2-/m000/s1. The molecule has 0 bridgehead atoms. The van der Waals surface area contributed by atoms with Crippen LogP contribution in [0.2, 0.25) is 0 Å². The molecule has 0 saturated heterocycles. The molecule has 11 N–H and O–H groups in total. The molecule has 3 atom stereocenters. The Kier molecular flexibility index (Phi) is 12.8. The molecule has 0 unspecified atom stereocenters. The van der Waals surface area contributed by atoms with Gasteiger partial charge in [-0.05, 0) is 6.92 Å². The van der Waals surface area contributed by atoms with Crippen molar-refractivity contribution in [1.29, 1.82) is 0 Å². The fourth-order valence-electron chi connectivity index (χ4n) is 0.799. The third-order valence-electron chi connectivity index (χ3n) is 2.22. The van der Waals surface area contributed by atoms with Gasteiger partial charge in [0.1, 0.15) is 18.1 Å². The maximum atomic E-state index is 10.3. The number of carboxylic acid groups (broad SMARTS) is 3. The second-order valence-electron chi connectivity index (χ2n) is 4.48. The van der Waals surface area contributed by atoms with Crippen LogP contribution in [0.25, 0.3) is 0 Å². The van der Waals surface area contributed by atoms with Crippen molar-refractivity contribution < 1.29 is 34.8 Å². The minimum absolute atomic E-state index is 0.287. The van der Waals surface area contributed by atoms with E-state index in [0.717, 1.165) is 5.69 Å². The van der Waals surface area contributed by atoms with Crippen molar-refractivity contribution in [3.05, 3.63) is 18.2 Å². The van der Waals surface area contributed by atoms with Gasteiger partial charge in [-0.2, -0.15) is 0 Å². The largest absolute Gasteiger partial charge is 0.480 e. The van der Waals surface area contributed by atoms with Crippen LogP contribution < -0.4 is 17.2 Å². The predicted octanol–water partition coefficient (Wildman–Crippen LogP) is -2.83. The Bertz CT molecular complexity index is 492. The number of aliphatic hydroxyl groups is 1. The number of hydrogen-bond acceptors (Lipinski definition) is 8. The van der Waals surface area contributed by atoms with Gasteiger partial charge >= 0.3 is 17.9 Å². The number of aliphatic hydroxyl groups excluding tert-OH is 1. The molecular formula is C12H23N5O7. The molecule has 0 radical (unpaired) electrons. The number of carbonyl (C=O) groups is 3. The van der Waals surface area contributed by atoms with Gasteiger partial charge in [0, 0.05) is 18.3 Å². The average Bonchev–Trinajstić information content (AvgIpc) is 3.00. The van der Waals surface area contributed by atoms with E-state index in [1.165, 1.54) is 13.3 Å². The molecule has 12 nitrogen and oxygen atoms in total. The average molecular weight is 349 g/mol. The fourth-order valence-corrected chi connectivity index (χ4v) is 0.799. The van der Waals surface area contributed by atoms with Crippen molar-refractivity contribution in [3.63, 3.8) is 0 Å². The molecule has 0 amide bonds. The monoisotopic (exact) mass is 349 g/mol. The molecule has 0 aliphatic carbocycles. The molecule has 0 aromatic carbocycles. The number of aliphatic carboxylic acids is 3. The van der Waals surface area contributed by atoms with Crippen LogP contribution >= 0.6 is 0 Å². The quantitative estimate of drug-likeness (QED) is 0.260. The van der Waals surface area contributed by atoms with Gasteiger partial charge < -0.3 is 42.6 Å². The first kappa shape index (κ1) is 23.7. The summed E-state index contributed by atoms with van der Waals surface area (Å²) < 4.78 is 0. The number of aromatic amines is 1. The minimum Gasteiger partial charge on any atom is -0.480 e. The molecule has 24 heavy (non-hydrogen) atoms. The van der Waals surface area contributed by atoms with Crippen molar-refractivity contribution in [2.75, 3.05) is 6.61 Å². The molecule has 1 aromatic rings. The van der Waals surface area contributed by atoms with Gasteiger partial charge in [0.25, 0.3) is 0 Å². The summed E-state index contributed by atoms with van der Waals surface area (Å²) >= 11 is 0. The van der Waals surface area contributed by atoms with E-state index >= 15 is 0 Å². The maximum Gasteiger partial charge on any atom is 0.322 e. The second-order valence-corrected chi connectivity index (χ2v) is 4.48. The third-order valence-corrected chi connectivity index (χ3v) is 2.22. The topological polar surface area (TPSA) is 239 Å². The van der Waals surface area contributed by atoms with Crippen LogP contribution in [-0.2, 0) is 20.8 Å². The van der Waals surface area contributed by atoms with Gasteiger partial charge in [-0.1, -0.05) is 0 Å². The summed E-state index contributed by atoms with van der Waals surface area (Å²) in [6.07, 6.45) is 3.34. The van der Waals surface area contributed by atoms with Gasteiger partial charge in [-0.15, -0.1) is 0 Å². The van der Waals surface area contributed by atoms with Crippen LogP contribution in [-0.4, -0.2) is 73.0 Å². The first-order valence-corrected chi connectivity index (χ1v) is 6.56. The van der Waals surface area contributed by atoms with Crippen LogP contribution in [0.4, 0.5) is 0 Å². The van der Waals surface area contributed by atoms with Gasteiger partial charge in [0.15, 0.2) is 0 Å². The number of nitrogens with one attached hydrogen (secondary N) is 1. The van der Waals surface area contributed by atoms with Crippen molar-refractivity contribution in [2.45, 2.75) is 31.5 Å². The van der Waals surface area contributed by atoms with Crippen LogP contribution in [0.15, 0.2) is 12.5 Å². The highest BCUT2D eigenvalue weighted by atomic mass is 16.4. The Morgan fingerprint density at radius 1 is 1.08 bits per heavy atom. The number of nitrogens with zero attached hydrogens (tertiary/aromatic N) is 1. The van der Waals surface area contributed by atoms with Crippen LogP contribution in [0.1, 0.15) is 12.6 Å². The van der Waals surface area contributed by atoms with E-state index in [1.54, 1.807) is 6.20 Å². The molecule has 0 fully saturated rings. The second kappa shape index (κ2) is 13.0. The third kappa shape index (κ3) is 13.1. The number of H-pyrrole nitrogens is 1. The molecule has 12 heteroatoms. The molecule has 1 heterocycles. The Labute approximate surface area is 137 Å². The Morgan fingerprint density at radius 2 is 1.54 bits per heavy atom. The Morgan fingerprint density at radius 3 is 1.75 bits per heavy atom. The number of carboxylic acids is 3. The van der Waals surface area contributed by atoms with Crippen molar-refractivity contribution >= 4 is 17.9 Å². The normalized spacial score (nSPS) is 13.2. The fraction of sp³-hybridized carbons (Fsp3) is 0.500. The molecule has 0 spiro atoms. The highest BCUT2D eigenvalue weighted by molar-refractivity contribution is 5.73. The van der Waals surface area contributed by atoms with Crippen molar-refractivity contribution in [1.82, 2.24) is 9.97 Å². The number of imidazole rings is 1. The van der Waals surface area contributed by atoms with Gasteiger partial charge in [-0.3, -0.25) is 14.4 Å². The maximum absolute atomic E-state index is 10.3. The van der Waals surface area contributed by atoms with Crippen molar-refractivity contribution in [2.24, 2.45) is 17.2 Å². The number of aromatic nitrogens is 2. The van der Waals surface area contributed by atoms with E-state index < -0.39 is 42.6 Å². The highest BCUT2D eigenvalue weighted by Gasteiger charge is 2.12. The van der Waals surface area contributed by atoms with Crippen LogP contribution in [0.3, 0.4) is 0 Å². The molecule has 0 saturated carbocycles. The first-order chi connectivity index (χ1) is 11.0. The number of nitrogens with two attached hydrogens (primary N) is 3. The zero-order valence-corrected chi connectivity index (χ0v) is 13.0. The Balaban J connectivity index is 0. The number of rotatable bonds is 6. The van der Waals surface area contributed by atoms with Crippen molar-refractivity contribution in [3.8, 4) is 0 Å². The lowest BCUT2D eigenvalue weighted by Gasteiger charge is -2.02. The lowest BCUT2D eigenvalue weighted by Crippen LogP contribution is -2.33. The lowest BCUT2D eigenvalue weighted by molar-refractivity contribution is -0.140. The molecule has 1 rings (SSSR count). The molecule has 0 aliphatic rings. The van der Waals surface area contributed by atoms with E-state index in [-0.39, 0.29) is 6.42 Å². The smallest absolute Gasteiger partial charge is 0.322 e. The van der Waals surface area contributed by atoms with Crippen LogP contribution in [0.5, 0.6) is 0 Å². The zero-order valence-electron chi connectivity index (χ0n) is 13.0. The summed E-state index contributed by atoms with van der Waals surface area (Å²) in [7, 11) is 0. The van der Waals surface area contributed by atoms with Gasteiger partial charge in [0.05, 0.1) is 12.9 Å². The van der Waals surface area contributed by atoms with E-state index in [0.29, 0.717) is 0 Å². The number of hydrogen-bond donors (Lipinski definition) is 8. The molecule has 0 aliphatic heterocycles. The summed E-state index contributed by atoms with van der Waals surface area (Å²) in [4.78, 5) is 36.0. The Hall–Kier alpha value is -2.54. The lowest BCUT2D eigenvalue weighted by atomic mass is 10.2.